The molecule has 0 bridgehead atoms. The number of benzene rings is 1. The van der Waals surface area contributed by atoms with E-state index in [0.717, 1.165) is 16.0 Å². The van der Waals surface area contributed by atoms with E-state index in [1.165, 1.54) is 0 Å². The van der Waals surface area contributed by atoms with Gasteiger partial charge in [0.05, 0.1) is 6.54 Å². The van der Waals surface area contributed by atoms with Crippen LogP contribution < -0.4 is 5.32 Å². The fourth-order valence-corrected chi connectivity index (χ4v) is 1.69. The van der Waals surface area contributed by atoms with Crippen LogP contribution in [0, 0.1) is 0 Å². The molecule has 1 radical (unpaired) electrons. The van der Waals surface area contributed by atoms with Gasteiger partial charge in [0, 0.05) is 18.9 Å². The molecule has 1 aromatic heterocycles. The van der Waals surface area contributed by atoms with Crippen LogP contribution in [-0.4, -0.2) is 22.3 Å². The number of hydrogen-bond acceptors (Lipinski definition) is 3. The van der Waals surface area contributed by atoms with Gasteiger partial charge in [-0.05, 0) is 17.2 Å². The molecule has 1 aromatic carbocycles. The maximum atomic E-state index is 11.9. The molecule has 0 spiro atoms. The van der Waals surface area contributed by atoms with Gasteiger partial charge in [0.15, 0.2) is 0 Å². The summed E-state index contributed by atoms with van der Waals surface area (Å²) in [6.45, 7) is 0.517. The highest BCUT2D eigenvalue weighted by molar-refractivity contribution is 5.84. The van der Waals surface area contributed by atoms with Crippen LogP contribution in [0.25, 0.3) is 0 Å². The van der Waals surface area contributed by atoms with Crippen molar-refractivity contribution in [2.24, 2.45) is 0 Å². The zero-order chi connectivity index (χ0) is 14.2. The number of nitrogens with zero attached hydrogens (tertiary/aromatic N) is 2. The highest BCUT2D eigenvalue weighted by Gasteiger charge is 2.13. The molecule has 0 aliphatic rings. The Labute approximate surface area is 117 Å². The highest BCUT2D eigenvalue weighted by atomic mass is 16.2. The monoisotopic (exact) mass is 268 g/mol. The predicted octanol–water partition coefficient (Wildman–Crippen LogP) is 1.86. The molecule has 1 heterocycles. The lowest BCUT2D eigenvalue weighted by Crippen LogP contribution is -2.38. The van der Waals surface area contributed by atoms with E-state index in [9.17, 15) is 9.59 Å². The molecular formula is C15H14N3O2. The molecule has 101 valence electrons. The second-order valence-electron chi connectivity index (χ2n) is 4.18. The number of rotatable bonds is 5. The molecular weight excluding hydrogens is 254 g/mol. The molecule has 0 unspecified atom stereocenters. The van der Waals surface area contributed by atoms with Crippen molar-refractivity contribution in [2.45, 2.75) is 13.1 Å². The first-order chi connectivity index (χ1) is 9.79. The largest absolute Gasteiger partial charge is 0.334 e. The SMILES string of the molecule is O=[C]N(Cc1cccnc1)C(=O)NCc1ccccc1. The van der Waals surface area contributed by atoms with Crippen molar-refractivity contribution >= 4 is 12.4 Å². The summed E-state index contributed by atoms with van der Waals surface area (Å²) in [7, 11) is 0. The van der Waals surface area contributed by atoms with Gasteiger partial charge in [-0.1, -0.05) is 36.4 Å². The smallest absolute Gasteiger partial charge is 0.325 e. The normalized spacial score (nSPS) is 9.80. The highest BCUT2D eigenvalue weighted by Crippen LogP contribution is 2.02. The number of amides is 3. The number of hydrogen-bond donors (Lipinski definition) is 1. The molecule has 3 amide bonds. The predicted molar refractivity (Wildman–Crippen MR) is 74.2 cm³/mol. The maximum Gasteiger partial charge on any atom is 0.325 e. The second kappa shape index (κ2) is 7.04. The van der Waals surface area contributed by atoms with Crippen LogP contribution in [0.2, 0.25) is 0 Å². The lowest BCUT2D eigenvalue weighted by Gasteiger charge is -2.15. The van der Waals surface area contributed by atoms with Gasteiger partial charge in [0.25, 0.3) is 0 Å². The van der Waals surface area contributed by atoms with Crippen molar-refractivity contribution in [1.29, 1.82) is 0 Å². The van der Waals surface area contributed by atoms with E-state index in [4.69, 9.17) is 0 Å². The summed E-state index contributed by atoms with van der Waals surface area (Å²) >= 11 is 0. The average Bonchev–Trinajstić information content (AvgIpc) is 2.52. The van der Waals surface area contributed by atoms with Crippen molar-refractivity contribution in [1.82, 2.24) is 15.2 Å². The molecule has 0 fully saturated rings. The first-order valence-corrected chi connectivity index (χ1v) is 6.15. The molecule has 2 rings (SSSR count). The summed E-state index contributed by atoms with van der Waals surface area (Å²) in [6.07, 6.45) is 4.87. The summed E-state index contributed by atoms with van der Waals surface area (Å²) in [6, 6.07) is 12.5. The van der Waals surface area contributed by atoms with E-state index in [0.29, 0.717) is 6.54 Å². The van der Waals surface area contributed by atoms with Crippen LogP contribution in [0.3, 0.4) is 0 Å². The molecule has 0 aliphatic heterocycles. The Morgan fingerprint density at radius 3 is 2.55 bits per heavy atom. The maximum absolute atomic E-state index is 11.9. The van der Waals surface area contributed by atoms with E-state index >= 15 is 0 Å². The summed E-state index contributed by atoms with van der Waals surface area (Å²) in [5, 5.41) is 2.67. The Morgan fingerprint density at radius 1 is 1.15 bits per heavy atom. The number of imide groups is 1. The molecule has 0 atom stereocenters. The fourth-order valence-electron chi connectivity index (χ4n) is 1.69. The summed E-state index contributed by atoms with van der Waals surface area (Å²) in [5.41, 5.74) is 1.73. The lowest BCUT2D eigenvalue weighted by molar-refractivity contribution is 0.217. The number of aromatic nitrogens is 1. The standard InChI is InChI=1S/C15H14N3O2/c19-12-18(11-14-7-4-8-16-9-14)15(20)17-10-13-5-2-1-3-6-13/h1-9H,10-11H2,(H,17,20). The Kier molecular flexibility index (Phi) is 4.83. The zero-order valence-electron chi connectivity index (χ0n) is 10.8. The third kappa shape index (κ3) is 3.91. The minimum atomic E-state index is -0.479. The number of pyridine rings is 1. The third-order valence-electron chi connectivity index (χ3n) is 2.71. The van der Waals surface area contributed by atoms with Crippen LogP contribution in [-0.2, 0) is 17.9 Å². The van der Waals surface area contributed by atoms with Crippen LogP contribution in [0.5, 0.6) is 0 Å². The van der Waals surface area contributed by atoms with Gasteiger partial charge in [-0.2, -0.15) is 0 Å². The van der Waals surface area contributed by atoms with Crippen LogP contribution in [0.4, 0.5) is 4.79 Å². The van der Waals surface area contributed by atoms with Gasteiger partial charge < -0.3 is 5.32 Å². The molecule has 0 saturated heterocycles. The Morgan fingerprint density at radius 2 is 1.90 bits per heavy atom. The quantitative estimate of drug-likeness (QED) is 0.842. The number of nitrogens with one attached hydrogen (secondary N) is 1. The minimum Gasteiger partial charge on any atom is -0.334 e. The molecule has 5 heteroatoms. The summed E-state index contributed by atoms with van der Waals surface area (Å²) in [5.74, 6) is 0. The van der Waals surface area contributed by atoms with E-state index in [-0.39, 0.29) is 6.54 Å². The fraction of sp³-hybridized carbons (Fsp3) is 0.133. The van der Waals surface area contributed by atoms with Gasteiger partial charge >= 0.3 is 12.4 Å². The summed E-state index contributed by atoms with van der Waals surface area (Å²) in [4.78, 5) is 27.7. The topological polar surface area (TPSA) is 62.3 Å². The van der Waals surface area contributed by atoms with Gasteiger partial charge in [-0.25, -0.2) is 4.79 Å². The van der Waals surface area contributed by atoms with E-state index in [1.807, 2.05) is 30.3 Å². The van der Waals surface area contributed by atoms with E-state index in [2.05, 4.69) is 10.3 Å². The Hall–Kier alpha value is -2.69. The average molecular weight is 268 g/mol. The van der Waals surface area contributed by atoms with Gasteiger partial charge in [-0.15, -0.1) is 0 Å². The number of carbonyl (C=O) groups is 1. The van der Waals surface area contributed by atoms with Crippen LogP contribution in [0.15, 0.2) is 54.9 Å². The molecule has 0 aliphatic carbocycles. The van der Waals surface area contributed by atoms with Crippen molar-refractivity contribution in [3.63, 3.8) is 0 Å². The Balaban J connectivity index is 1.91. The molecule has 20 heavy (non-hydrogen) atoms. The molecule has 0 saturated carbocycles. The van der Waals surface area contributed by atoms with E-state index in [1.54, 1.807) is 30.9 Å². The molecule has 5 nitrogen and oxygen atoms in total. The molecule has 2 aromatic rings. The van der Waals surface area contributed by atoms with Gasteiger partial charge in [0.1, 0.15) is 0 Å². The zero-order valence-corrected chi connectivity index (χ0v) is 10.8. The van der Waals surface area contributed by atoms with Crippen LogP contribution in [0.1, 0.15) is 11.1 Å². The first-order valence-electron chi connectivity index (χ1n) is 6.15. The minimum absolute atomic E-state index is 0.151. The van der Waals surface area contributed by atoms with Gasteiger partial charge in [-0.3, -0.25) is 14.7 Å². The lowest BCUT2D eigenvalue weighted by atomic mass is 10.2. The van der Waals surface area contributed by atoms with Crippen molar-refractivity contribution in [3.8, 4) is 0 Å². The number of urea groups is 1. The van der Waals surface area contributed by atoms with Crippen molar-refractivity contribution < 1.29 is 9.59 Å². The summed E-state index contributed by atoms with van der Waals surface area (Å²) < 4.78 is 0. The van der Waals surface area contributed by atoms with Crippen molar-refractivity contribution in [3.05, 3.63) is 66.0 Å². The van der Waals surface area contributed by atoms with Crippen molar-refractivity contribution in [2.75, 3.05) is 0 Å². The third-order valence-corrected chi connectivity index (χ3v) is 2.71. The van der Waals surface area contributed by atoms with Crippen LogP contribution >= 0.6 is 0 Å². The number of carbonyl (C=O) groups excluding carboxylic acids is 2. The van der Waals surface area contributed by atoms with Gasteiger partial charge in [0.2, 0.25) is 0 Å². The second-order valence-corrected chi connectivity index (χ2v) is 4.18. The molecule has 1 N–H and O–H groups in total. The van der Waals surface area contributed by atoms with E-state index < -0.39 is 6.03 Å². The first kappa shape index (κ1) is 13.7. The Bertz CT molecular complexity index is 558.